The number of fused-ring (bicyclic) bond motifs is 1. The largest absolute Gasteiger partial charge is 0.383 e. The lowest BCUT2D eigenvalue weighted by molar-refractivity contribution is -0.135. The van der Waals surface area contributed by atoms with E-state index in [0.29, 0.717) is 17.5 Å². The highest BCUT2D eigenvalue weighted by Crippen LogP contribution is 2.18. The van der Waals surface area contributed by atoms with Crippen LogP contribution in [0.4, 0.5) is 5.69 Å². The van der Waals surface area contributed by atoms with Crippen LogP contribution >= 0.6 is 0 Å². The van der Waals surface area contributed by atoms with Gasteiger partial charge in [0, 0.05) is 32.3 Å². The first-order valence-electron chi connectivity index (χ1n) is 10.5. The van der Waals surface area contributed by atoms with Crippen LogP contribution in [0.3, 0.4) is 0 Å². The van der Waals surface area contributed by atoms with Crippen molar-refractivity contribution in [2.24, 2.45) is 0 Å². The normalized spacial score (nSPS) is 10.8. The van der Waals surface area contributed by atoms with Crippen LogP contribution < -0.4 is 10.9 Å². The number of hydrogen-bond donors (Lipinski definition) is 1. The number of anilines is 1. The predicted molar refractivity (Wildman–Crippen MR) is 124 cm³/mol. The molecular weight excluding hydrogens is 408 g/mol. The SMILES string of the molecule is COCCN(CC(=O)Nc1cccc(C)c1C)C(=O)CCn1cnc2ccccc2c1=O. The molecule has 0 aliphatic rings. The van der Waals surface area contributed by atoms with Gasteiger partial charge >= 0.3 is 0 Å². The number of benzene rings is 2. The van der Waals surface area contributed by atoms with Gasteiger partial charge in [-0.3, -0.25) is 19.0 Å². The summed E-state index contributed by atoms with van der Waals surface area (Å²) < 4.78 is 6.52. The number of aryl methyl sites for hydroxylation is 2. The first-order valence-corrected chi connectivity index (χ1v) is 10.5. The maximum atomic E-state index is 12.9. The van der Waals surface area contributed by atoms with E-state index in [1.165, 1.54) is 15.8 Å². The highest BCUT2D eigenvalue weighted by Gasteiger charge is 2.18. The zero-order valence-electron chi connectivity index (χ0n) is 18.6. The Morgan fingerprint density at radius 3 is 2.69 bits per heavy atom. The lowest BCUT2D eigenvalue weighted by Crippen LogP contribution is -2.40. The van der Waals surface area contributed by atoms with Crippen molar-refractivity contribution in [2.45, 2.75) is 26.8 Å². The molecule has 8 heteroatoms. The molecule has 0 radical (unpaired) electrons. The number of nitrogens with one attached hydrogen (secondary N) is 1. The minimum absolute atomic E-state index is 0.0698. The van der Waals surface area contributed by atoms with Gasteiger partial charge in [-0.05, 0) is 43.2 Å². The van der Waals surface area contributed by atoms with Crippen molar-refractivity contribution in [1.82, 2.24) is 14.5 Å². The number of aromatic nitrogens is 2. The van der Waals surface area contributed by atoms with Crippen LogP contribution in [0.1, 0.15) is 17.5 Å². The second kappa shape index (κ2) is 10.7. The van der Waals surface area contributed by atoms with Gasteiger partial charge in [0.25, 0.3) is 5.56 Å². The molecule has 168 valence electrons. The van der Waals surface area contributed by atoms with Gasteiger partial charge in [-0.15, -0.1) is 0 Å². The zero-order valence-corrected chi connectivity index (χ0v) is 18.6. The van der Waals surface area contributed by atoms with Crippen LogP contribution in [-0.4, -0.2) is 53.1 Å². The van der Waals surface area contributed by atoms with Crippen LogP contribution in [0, 0.1) is 13.8 Å². The Balaban J connectivity index is 1.66. The van der Waals surface area contributed by atoms with Crippen molar-refractivity contribution in [3.63, 3.8) is 0 Å². The van der Waals surface area contributed by atoms with E-state index in [2.05, 4.69) is 10.3 Å². The van der Waals surface area contributed by atoms with Gasteiger partial charge in [-0.1, -0.05) is 24.3 Å². The average molecular weight is 437 g/mol. The van der Waals surface area contributed by atoms with Crippen LogP contribution in [0.15, 0.2) is 53.6 Å². The van der Waals surface area contributed by atoms with Crippen molar-refractivity contribution < 1.29 is 14.3 Å². The fraction of sp³-hybridized carbons (Fsp3) is 0.333. The van der Waals surface area contributed by atoms with Gasteiger partial charge in [0.2, 0.25) is 11.8 Å². The Labute approximate surface area is 186 Å². The van der Waals surface area contributed by atoms with Crippen molar-refractivity contribution in [3.8, 4) is 0 Å². The molecular formula is C24H28N4O4. The summed E-state index contributed by atoms with van der Waals surface area (Å²) >= 11 is 0. The molecule has 0 aliphatic heterocycles. The molecule has 0 aliphatic carbocycles. The summed E-state index contributed by atoms with van der Waals surface area (Å²) in [5, 5.41) is 3.38. The summed E-state index contributed by atoms with van der Waals surface area (Å²) in [5.41, 5.74) is 3.20. The van der Waals surface area contributed by atoms with Gasteiger partial charge in [0.15, 0.2) is 0 Å². The third kappa shape index (κ3) is 5.59. The predicted octanol–water partition coefficient (Wildman–Crippen LogP) is 2.52. The highest BCUT2D eigenvalue weighted by atomic mass is 16.5. The molecule has 1 heterocycles. The van der Waals surface area contributed by atoms with E-state index in [1.807, 2.05) is 38.1 Å². The quantitative estimate of drug-likeness (QED) is 0.556. The van der Waals surface area contributed by atoms with E-state index >= 15 is 0 Å². The van der Waals surface area contributed by atoms with Crippen LogP contribution in [0.25, 0.3) is 10.9 Å². The molecule has 1 N–H and O–H groups in total. The fourth-order valence-electron chi connectivity index (χ4n) is 3.38. The Kier molecular flexibility index (Phi) is 7.72. The summed E-state index contributed by atoms with van der Waals surface area (Å²) in [4.78, 5) is 43.8. The maximum Gasteiger partial charge on any atom is 0.261 e. The number of hydrogen-bond acceptors (Lipinski definition) is 5. The summed E-state index contributed by atoms with van der Waals surface area (Å²) in [6, 6.07) is 12.8. The molecule has 0 bridgehead atoms. The topological polar surface area (TPSA) is 93.5 Å². The first-order chi connectivity index (χ1) is 15.4. The summed E-state index contributed by atoms with van der Waals surface area (Å²) in [7, 11) is 1.54. The lowest BCUT2D eigenvalue weighted by Gasteiger charge is -2.22. The average Bonchev–Trinajstić information content (AvgIpc) is 2.79. The van der Waals surface area contributed by atoms with E-state index in [0.717, 1.165) is 16.8 Å². The van der Waals surface area contributed by atoms with Crippen molar-refractivity contribution in [1.29, 1.82) is 0 Å². The number of para-hydroxylation sites is 1. The molecule has 0 fully saturated rings. The number of methoxy groups -OCH3 is 1. The highest BCUT2D eigenvalue weighted by molar-refractivity contribution is 5.95. The van der Waals surface area contributed by atoms with E-state index in [-0.39, 0.29) is 43.4 Å². The maximum absolute atomic E-state index is 12.9. The van der Waals surface area contributed by atoms with Gasteiger partial charge in [0.1, 0.15) is 0 Å². The van der Waals surface area contributed by atoms with E-state index < -0.39 is 0 Å². The van der Waals surface area contributed by atoms with E-state index in [4.69, 9.17) is 4.74 Å². The second-order valence-electron chi connectivity index (χ2n) is 7.61. The molecule has 0 spiro atoms. The summed E-state index contributed by atoms with van der Waals surface area (Å²) in [5.74, 6) is -0.522. The molecule has 8 nitrogen and oxygen atoms in total. The molecule has 2 aromatic carbocycles. The number of rotatable bonds is 9. The molecule has 0 atom stereocenters. The van der Waals surface area contributed by atoms with Crippen LogP contribution in [0.2, 0.25) is 0 Å². The molecule has 2 amide bonds. The van der Waals surface area contributed by atoms with Gasteiger partial charge in [0.05, 0.1) is 30.4 Å². The standard InChI is InChI=1S/C24H28N4O4/c1-17-7-6-10-20(18(17)2)26-22(29)15-27(13-14-32-3)23(30)11-12-28-16-25-21-9-5-4-8-19(21)24(28)31/h4-10,16H,11-15H2,1-3H3,(H,26,29). The summed E-state index contributed by atoms with van der Waals surface area (Å²) in [6.07, 6.45) is 1.52. The van der Waals surface area contributed by atoms with E-state index in [1.54, 1.807) is 25.3 Å². The molecule has 3 rings (SSSR count). The van der Waals surface area contributed by atoms with E-state index in [9.17, 15) is 14.4 Å². The first kappa shape index (κ1) is 23.1. The summed E-state index contributed by atoms with van der Waals surface area (Å²) in [6.45, 7) is 4.58. The smallest absolute Gasteiger partial charge is 0.261 e. The van der Waals surface area contributed by atoms with Gasteiger partial charge < -0.3 is 15.0 Å². The second-order valence-corrected chi connectivity index (χ2v) is 7.61. The number of amides is 2. The lowest BCUT2D eigenvalue weighted by atomic mass is 10.1. The van der Waals surface area contributed by atoms with Crippen LogP contribution in [-0.2, 0) is 20.9 Å². The third-order valence-corrected chi connectivity index (χ3v) is 5.43. The van der Waals surface area contributed by atoms with Crippen molar-refractivity contribution in [2.75, 3.05) is 32.1 Å². The minimum atomic E-state index is -0.285. The number of ether oxygens (including phenoxy) is 1. The Morgan fingerprint density at radius 1 is 1.12 bits per heavy atom. The molecule has 0 unspecified atom stereocenters. The molecule has 1 aromatic heterocycles. The van der Waals surface area contributed by atoms with Crippen molar-refractivity contribution in [3.05, 3.63) is 70.3 Å². The van der Waals surface area contributed by atoms with Gasteiger partial charge in [-0.25, -0.2) is 4.98 Å². The van der Waals surface area contributed by atoms with Crippen LogP contribution in [0.5, 0.6) is 0 Å². The minimum Gasteiger partial charge on any atom is -0.383 e. The number of carbonyl (C=O) groups is 2. The Morgan fingerprint density at radius 2 is 1.91 bits per heavy atom. The third-order valence-electron chi connectivity index (χ3n) is 5.43. The molecule has 0 saturated heterocycles. The van der Waals surface area contributed by atoms with Gasteiger partial charge in [-0.2, -0.15) is 0 Å². The number of carbonyl (C=O) groups excluding carboxylic acids is 2. The fourth-order valence-corrected chi connectivity index (χ4v) is 3.38. The monoisotopic (exact) mass is 436 g/mol. The Hall–Kier alpha value is -3.52. The number of nitrogens with zero attached hydrogens (tertiary/aromatic N) is 3. The molecule has 0 saturated carbocycles. The molecule has 3 aromatic rings. The Bertz CT molecular complexity index is 1170. The van der Waals surface area contributed by atoms with Crippen molar-refractivity contribution >= 4 is 28.4 Å². The zero-order chi connectivity index (χ0) is 23.1. The molecule has 32 heavy (non-hydrogen) atoms.